The molecule has 4 heterocycles. The number of piperidine rings is 1. The van der Waals surface area contributed by atoms with Crippen molar-refractivity contribution >= 4 is 17.3 Å². The third kappa shape index (κ3) is 2.58. The highest BCUT2D eigenvalue weighted by molar-refractivity contribution is 5.49. The quantitative estimate of drug-likeness (QED) is 0.797. The van der Waals surface area contributed by atoms with E-state index < -0.39 is 0 Å². The molecule has 0 bridgehead atoms. The zero-order valence-electron chi connectivity index (χ0n) is 13.1. The third-order valence-electron chi connectivity index (χ3n) is 4.36. The Kier molecular flexibility index (Phi) is 3.53. The maximum atomic E-state index is 4.42. The van der Waals surface area contributed by atoms with Crippen LogP contribution in [-0.4, -0.2) is 44.7 Å². The minimum Gasteiger partial charge on any atom is -0.373 e. The number of nitrogens with one attached hydrogen (secondary N) is 1. The van der Waals surface area contributed by atoms with E-state index in [0.29, 0.717) is 5.92 Å². The number of fused-ring (bicyclic) bond motifs is 1. The van der Waals surface area contributed by atoms with Crippen molar-refractivity contribution in [2.24, 2.45) is 0 Å². The minimum absolute atomic E-state index is 0.356. The van der Waals surface area contributed by atoms with Gasteiger partial charge in [0, 0.05) is 38.3 Å². The molecule has 3 aromatic heterocycles. The predicted molar refractivity (Wildman–Crippen MR) is 88.8 cm³/mol. The first-order valence-corrected chi connectivity index (χ1v) is 7.89. The van der Waals surface area contributed by atoms with Crippen LogP contribution < -0.4 is 10.2 Å². The molecule has 1 N–H and O–H groups in total. The monoisotopic (exact) mass is 309 g/mol. The highest BCUT2D eigenvalue weighted by Crippen LogP contribution is 2.28. The Balaban J connectivity index is 1.61. The van der Waals surface area contributed by atoms with Crippen LogP contribution in [0.5, 0.6) is 0 Å². The molecule has 118 valence electrons. The molecule has 1 aliphatic rings. The number of rotatable bonds is 3. The Hall–Kier alpha value is -2.70. The summed E-state index contributed by atoms with van der Waals surface area (Å²) < 4.78 is 2.09. The van der Waals surface area contributed by atoms with E-state index >= 15 is 0 Å². The van der Waals surface area contributed by atoms with E-state index in [9.17, 15) is 0 Å². The molecule has 0 saturated carbocycles. The molecule has 0 radical (unpaired) electrons. The molecule has 7 nitrogen and oxygen atoms in total. The van der Waals surface area contributed by atoms with E-state index in [4.69, 9.17) is 0 Å². The number of nitrogens with zero attached hydrogens (tertiary/aromatic N) is 6. The Morgan fingerprint density at radius 2 is 2.17 bits per heavy atom. The molecule has 0 amide bonds. The van der Waals surface area contributed by atoms with Crippen LogP contribution in [0.3, 0.4) is 0 Å². The summed E-state index contributed by atoms with van der Waals surface area (Å²) in [5.41, 5.74) is 0.902. The van der Waals surface area contributed by atoms with Gasteiger partial charge in [-0.1, -0.05) is 6.07 Å². The number of aromatic nitrogens is 5. The van der Waals surface area contributed by atoms with Gasteiger partial charge in [0.05, 0.1) is 0 Å². The van der Waals surface area contributed by atoms with Crippen molar-refractivity contribution < 1.29 is 0 Å². The van der Waals surface area contributed by atoms with Gasteiger partial charge in [-0.3, -0.25) is 4.40 Å². The molecule has 4 rings (SSSR count). The van der Waals surface area contributed by atoms with Crippen LogP contribution in [0.25, 0.3) is 5.65 Å². The Morgan fingerprint density at radius 1 is 1.22 bits per heavy atom. The van der Waals surface area contributed by atoms with E-state index in [-0.39, 0.29) is 0 Å². The largest absolute Gasteiger partial charge is 0.373 e. The fourth-order valence-electron chi connectivity index (χ4n) is 3.19. The lowest BCUT2D eigenvalue weighted by Gasteiger charge is -2.32. The van der Waals surface area contributed by atoms with Gasteiger partial charge < -0.3 is 10.2 Å². The number of anilines is 2. The van der Waals surface area contributed by atoms with Gasteiger partial charge in [-0.25, -0.2) is 9.97 Å². The maximum absolute atomic E-state index is 4.42. The maximum Gasteiger partial charge on any atom is 0.160 e. The average molecular weight is 309 g/mol. The number of pyridine rings is 1. The van der Waals surface area contributed by atoms with E-state index in [1.165, 1.54) is 0 Å². The summed E-state index contributed by atoms with van der Waals surface area (Å²) >= 11 is 0. The summed E-state index contributed by atoms with van der Waals surface area (Å²) in [6, 6.07) is 7.98. The van der Waals surface area contributed by atoms with Crippen LogP contribution in [-0.2, 0) is 0 Å². The molecule has 7 heteroatoms. The SMILES string of the molecule is CNc1cc(N2CCCC(c3nnc4ccccn34)C2)ncn1. The third-order valence-corrected chi connectivity index (χ3v) is 4.36. The molecule has 1 unspecified atom stereocenters. The molecule has 3 aromatic rings. The summed E-state index contributed by atoms with van der Waals surface area (Å²) in [4.78, 5) is 10.9. The fraction of sp³-hybridized carbons (Fsp3) is 0.375. The van der Waals surface area contributed by atoms with Gasteiger partial charge in [-0.15, -0.1) is 10.2 Å². The molecule has 1 saturated heterocycles. The van der Waals surface area contributed by atoms with Gasteiger partial charge in [0.15, 0.2) is 5.65 Å². The average Bonchev–Trinajstić information content (AvgIpc) is 3.06. The molecule has 23 heavy (non-hydrogen) atoms. The van der Waals surface area contributed by atoms with Crippen LogP contribution in [0.4, 0.5) is 11.6 Å². The molecular formula is C16H19N7. The highest BCUT2D eigenvalue weighted by Gasteiger charge is 2.26. The van der Waals surface area contributed by atoms with Crippen molar-refractivity contribution in [1.29, 1.82) is 0 Å². The Morgan fingerprint density at radius 3 is 3.09 bits per heavy atom. The first kappa shape index (κ1) is 13.9. The van der Waals surface area contributed by atoms with Crippen molar-refractivity contribution in [3.8, 4) is 0 Å². The molecule has 1 atom stereocenters. The molecule has 1 aliphatic heterocycles. The van der Waals surface area contributed by atoms with Crippen molar-refractivity contribution in [1.82, 2.24) is 24.6 Å². The lowest BCUT2D eigenvalue weighted by Crippen LogP contribution is -2.35. The van der Waals surface area contributed by atoms with Gasteiger partial charge in [-0.05, 0) is 25.0 Å². The van der Waals surface area contributed by atoms with Crippen molar-refractivity contribution in [2.75, 3.05) is 30.4 Å². The summed E-state index contributed by atoms with van der Waals surface area (Å²) in [5.74, 6) is 3.19. The minimum atomic E-state index is 0.356. The van der Waals surface area contributed by atoms with Crippen LogP contribution in [0.15, 0.2) is 36.8 Å². The van der Waals surface area contributed by atoms with Crippen molar-refractivity contribution in [2.45, 2.75) is 18.8 Å². The zero-order chi connectivity index (χ0) is 15.6. The van der Waals surface area contributed by atoms with Crippen LogP contribution in [0, 0.1) is 0 Å². The standard InChI is InChI=1S/C16H19N7/c1-17-13-9-15(19-11-18-13)22-7-4-5-12(10-22)16-21-20-14-6-2-3-8-23(14)16/h2-3,6,8-9,11-12H,4-5,7,10H2,1H3,(H,17,18,19). The van der Waals surface area contributed by atoms with E-state index in [1.54, 1.807) is 6.33 Å². The van der Waals surface area contributed by atoms with Gasteiger partial charge in [0.25, 0.3) is 0 Å². The topological polar surface area (TPSA) is 71.2 Å². The molecule has 1 fully saturated rings. The van der Waals surface area contributed by atoms with Crippen LogP contribution >= 0.6 is 0 Å². The Labute approximate surface area is 134 Å². The van der Waals surface area contributed by atoms with Gasteiger partial charge in [-0.2, -0.15) is 0 Å². The molecule has 0 aromatic carbocycles. The van der Waals surface area contributed by atoms with E-state index in [0.717, 1.165) is 49.0 Å². The summed E-state index contributed by atoms with van der Waals surface area (Å²) in [6.45, 7) is 1.91. The van der Waals surface area contributed by atoms with Gasteiger partial charge >= 0.3 is 0 Å². The lowest BCUT2D eigenvalue weighted by molar-refractivity contribution is 0.485. The van der Waals surface area contributed by atoms with Crippen molar-refractivity contribution in [3.05, 3.63) is 42.6 Å². The predicted octanol–water partition coefficient (Wildman–Crippen LogP) is 1.94. The summed E-state index contributed by atoms with van der Waals surface area (Å²) in [5, 5.41) is 11.8. The van der Waals surface area contributed by atoms with Gasteiger partial charge in [0.1, 0.15) is 23.8 Å². The molecule has 0 aliphatic carbocycles. The summed E-state index contributed by atoms with van der Waals surface area (Å²) in [7, 11) is 1.87. The smallest absolute Gasteiger partial charge is 0.160 e. The number of hydrogen-bond acceptors (Lipinski definition) is 6. The normalized spacial score (nSPS) is 18.3. The first-order valence-electron chi connectivity index (χ1n) is 7.89. The second kappa shape index (κ2) is 5.83. The zero-order valence-corrected chi connectivity index (χ0v) is 13.1. The van der Waals surface area contributed by atoms with Crippen LogP contribution in [0.2, 0.25) is 0 Å². The second-order valence-electron chi connectivity index (χ2n) is 5.78. The first-order chi connectivity index (χ1) is 11.3. The fourth-order valence-corrected chi connectivity index (χ4v) is 3.19. The summed E-state index contributed by atoms with van der Waals surface area (Å²) in [6.07, 6.45) is 5.88. The Bertz CT molecular complexity index is 813. The second-order valence-corrected chi connectivity index (χ2v) is 5.78. The van der Waals surface area contributed by atoms with E-state index in [1.807, 2.05) is 37.5 Å². The van der Waals surface area contributed by atoms with Crippen molar-refractivity contribution in [3.63, 3.8) is 0 Å². The highest BCUT2D eigenvalue weighted by atomic mass is 15.3. The lowest BCUT2D eigenvalue weighted by atomic mass is 9.97. The van der Waals surface area contributed by atoms with E-state index in [2.05, 4.69) is 34.8 Å². The van der Waals surface area contributed by atoms with Gasteiger partial charge in [0.2, 0.25) is 0 Å². The van der Waals surface area contributed by atoms with Crippen LogP contribution in [0.1, 0.15) is 24.6 Å². The molecule has 0 spiro atoms. The number of hydrogen-bond donors (Lipinski definition) is 1. The molecular weight excluding hydrogens is 290 g/mol.